The van der Waals surface area contributed by atoms with Gasteiger partial charge >= 0.3 is 0 Å². The second kappa shape index (κ2) is 20.3. The Morgan fingerprint density at radius 1 is 0.667 bits per heavy atom. The maximum absolute atomic E-state index is 6.08. The van der Waals surface area contributed by atoms with Crippen LogP contribution in [0.15, 0.2) is 0 Å². The number of halogens is 5. The van der Waals surface area contributed by atoms with Gasteiger partial charge in [-0.1, -0.05) is 127 Å². The minimum absolute atomic E-state index is 0.108. The van der Waals surface area contributed by atoms with Crippen LogP contribution >= 0.6 is 113 Å². The molecule has 0 spiro atoms. The average molecular weight is 1030 g/mol. The van der Waals surface area contributed by atoms with E-state index in [2.05, 4.69) is 146 Å². The minimum atomic E-state index is 0.108. The van der Waals surface area contributed by atoms with E-state index >= 15 is 0 Å². The van der Waals surface area contributed by atoms with Crippen molar-refractivity contribution in [3.05, 3.63) is 0 Å². The molecular formula is C22H40I5NO5. The second-order valence-corrected chi connectivity index (χ2v) is 16.8. The quantitative estimate of drug-likeness (QED) is 0.0869. The van der Waals surface area contributed by atoms with Crippen LogP contribution in [-0.2, 0) is 23.7 Å². The molecule has 9 unspecified atom stereocenters. The lowest BCUT2D eigenvalue weighted by Gasteiger charge is -2.21. The highest BCUT2D eigenvalue weighted by Crippen LogP contribution is 2.20. The number of alkyl halides is 5. The van der Waals surface area contributed by atoms with Gasteiger partial charge < -0.3 is 23.7 Å². The van der Waals surface area contributed by atoms with E-state index in [-0.39, 0.29) is 18.4 Å². The molecule has 0 saturated carbocycles. The first-order chi connectivity index (χ1) is 15.7. The summed E-state index contributed by atoms with van der Waals surface area (Å²) in [4.78, 5) is 0. The number of hydrogen-bond acceptors (Lipinski definition) is 6. The molecule has 0 aromatic rings. The van der Waals surface area contributed by atoms with E-state index in [1.54, 1.807) is 0 Å². The molecule has 0 aromatic heterocycles. The van der Waals surface area contributed by atoms with Crippen LogP contribution in [0.25, 0.3) is 0 Å². The Morgan fingerprint density at radius 2 is 1.21 bits per heavy atom. The summed E-state index contributed by atoms with van der Waals surface area (Å²) in [7, 11) is 0. The van der Waals surface area contributed by atoms with Gasteiger partial charge in [0.1, 0.15) is 6.23 Å². The molecule has 0 amide bonds. The van der Waals surface area contributed by atoms with Crippen LogP contribution in [-0.4, -0.2) is 90.3 Å². The lowest BCUT2D eigenvalue weighted by atomic mass is 10.2. The van der Waals surface area contributed by atoms with Crippen molar-refractivity contribution in [2.75, 3.05) is 46.2 Å². The minimum Gasteiger partial charge on any atom is -0.379 e. The van der Waals surface area contributed by atoms with Crippen LogP contribution in [0, 0.1) is 0 Å². The topological polar surface area (TPSA) is 68.1 Å². The maximum atomic E-state index is 6.08. The molecule has 6 nitrogen and oxygen atoms in total. The zero-order valence-electron chi connectivity index (χ0n) is 20.0. The number of ether oxygens (including phenoxy) is 5. The predicted molar refractivity (Wildman–Crippen MR) is 179 cm³/mol. The van der Waals surface area contributed by atoms with Gasteiger partial charge in [-0.15, -0.1) is 0 Å². The molecule has 11 heteroatoms. The van der Waals surface area contributed by atoms with Crippen molar-refractivity contribution in [3.63, 3.8) is 0 Å². The molecule has 1 heterocycles. The van der Waals surface area contributed by atoms with Crippen molar-refractivity contribution in [1.29, 1.82) is 0 Å². The first-order valence-corrected chi connectivity index (χ1v) is 17.9. The fourth-order valence-electron chi connectivity index (χ4n) is 2.70. The van der Waals surface area contributed by atoms with Gasteiger partial charge in [-0.2, -0.15) is 0 Å². The molecular weight excluding hydrogens is 993 g/mol. The highest BCUT2D eigenvalue weighted by Gasteiger charge is 2.38. The van der Waals surface area contributed by atoms with Gasteiger partial charge in [-0.05, 0) is 26.7 Å². The Morgan fingerprint density at radius 3 is 1.79 bits per heavy atom. The Bertz CT molecular complexity index is 498. The molecule has 198 valence electrons. The van der Waals surface area contributed by atoms with Gasteiger partial charge in [-0.25, -0.2) is 0 Å². The number of nitrogens with one attached hydrogen (secondary N) is 1. The van der Waals surface area contributed by atoms with Crippen molar-refractivity contribution in [2.24, 2.45) is 0 Å². The summed E-state index contributed by atoms with van der Waals surface area (Å²) < 4.78 is 31.8. The largest absolute Gasteiger partial charge is 0.379 e. The Kier molecular flexibility index (Phi) is 21.2. The van der Waals surface area contributed by atoms with Crippen LogP contribution in [0.2, 0.25) is 0 Å². The second-order valence-electron chi connectivity index (χ2n) is 8.32. The Balaban J connectivity index is 2.05. The summed E-state index contributed by atoms with van der Waals surface area (Å²) in [5, 5.41) is 3.36. The third kappa shape index (κ3) is 16.9. The Labute approximate surface area is 269 Å². The van der Waals surface area contributed by atoms with Crippen molar-refractivity contribution < 1.29 is 23.7 Å². The van der Waals surface area contributed by atoms with Gasteiger partial charge in [0, 0.05) is 7.85 Å². The SMILES string of the molecule is CCC(I)COCC(I)COCC(I)COC(C)C(I)COC1NC1COC(C)C(I)CC. The van der Waals surface area contributed by atoms with Gasteiger partial charge in [0.15, 0.2) is 0 Å². The van der Waals surface area contributed by atoms with E-state index < -0.39 is 0 Å². The average Bonchev–Trinajstić information content (AvgIpc) is 3.56. The van der Waals surface area contributed by atoms with Crippen LogP contribution in [0.5, 0.6) is 0 Å². The Hall–Kier alpha value is 3.41. The van der Waals surface area contributed by atoms with Crippen molar-refractivity contribution >= 4 is 113 Å². The van der Waals surface area contributed by atoms with Crippen molar-refractivity contribution in [2.45, 2.75) is 84.6 Å². The molecule has 1 aliphatic heterocycles. The van der Waals surface area contributed by atoms with Gasteiger partial charge in [0.25, 0.3) is 0 Å². The lowest BCUT2D eigenvalue weighted by Crippen LogP contribution is -2.30. The summed E-state index contributed by atoms with van der Waals surface area (Å²) in [5.41, 5.74) is 0. The summed E-state index contributed by atoms with van der Waals surface area (Å²) in [6, 6.07) is 0.311. The molecule has 1 aliphatic rings. The molecule has 9 atom stereocenters. The first kappa shape index (κ1) is 34.4. The number of rotatable bonds is 21. The highest BCUT2D eigenvalue weighted by atomic mass is 127. The molecule has 1 fully saturated rings. The van der Waals surface area contributed by atoms with E-state index in [1.165, 1.54) is 0 Å². The summed E-state index contributed by atoms with van der Waals surface area (Å²) >= 11 is 12.1. The highest BCUT2D eigenvalue weighted by molar-refractivity contribution is 14.1. The van der Waals surface area contributed by atoms with Gasteiger partial charge in [0.2, 0.25) is 0 Å². The third-order valence-corrected chi connectivity index (χ3v) is 11.1. The third-order valence-electron chi connectivity index (χ3n) is 5.19. The monoisotopic (exact) mass is 1030 g/mol. The van der Waals surface area contributed by atoms with Crippen LogP contribution in [0.3, 0.4) is 0 Å². The standard InChI is InChI=1S/C22H40I5NO5/c1-5-16(23)7-29-8-17(24)9-30-10-18(25)11-31-15(4)20(27)12-33-22-21(28-22)13-32-14(3)19(26)6-2/h14-22,28H,5-13H2,1-4H3. The summed E-state index contributed by atoms with van der Waals surface area (Å²) in [5.74, 6) is 0. The van der Waals surface area contributed by atoms with E-state index in [9.17, 15) is 0 Å². The van der Waals surface area contributed by atoms with E-state index in [4.69, 9.17) is 23.7 Å². The molecule has 0 bridgehead atoms. The molecule has 1 saturated heterocycles. The van der Waals surface area contributed by atoms with Gasteiger partial charge in [0.05, 0.1) is 76.3 Å². The molecule has 1 N–H and O–H groups in total. The van der Waals surface area contributed by atoms with E-state index in [1.807, 2.05) is 0 Å². The fourth-order valence-corrected chi connectivity index (χ4v) is 4.55. The smallest absolute Gasteiger partial charge is 0.126 e. The van der Waals surface area contributed by atoms with Crippen LogP contribution in [0.1, 0.15) is 40.5 Å². The van der Waals surface area contributed by atoms with E-state index in [0.29, 0.717) is 58.7 Å². The van der Waals surface area contributed by atoms with E-state index in [0.717, 1.165) is 26.1 Å². The van der Waals surface area contributed by atoms with Gasteiger partial charge in [-0.3, -0.25) is 5.32 Å². The fraction of sp³-hybridized carbons (Fsp3) is 1.00. The summed E-state index contributed by atoms with van der Waals surface area (Å²) in [6.45, 7) is 13.7. The van der Waals surface area contributed by atoms with Crippen molar-refractivity contribution in [3.8, 4) is 0 Å². The van der Waals surface area contributed by atoms with Crippen LogP contribution < -0.4 is 5.32 Å². The van der Waals surface area contributed by atoms with Crippen LogP contribution in [0.4, 0.5) is 0 Å². The predicted octanol–water partition coefficient (Wildman–Crippen LogP) is 5.98. The zero-order valence-corrected chi connectivity index (χ0v) is 30.8. The maximum Gasteiger partial charge on any atom is 0.126 e. The lowest BCUT2D eigenvalue weighted by molar-refractivity contribution is 0.0216. The first-order valence-electron chi connectivity index (χ1n) is 11.6. The molecule has 33 heavy (non-hydrogen) atoms. The molecule has 1 rings (SSSR count). The molecule has 0 aromatic carbocycles. The normalized spacial score (nSPS) is 24.6. The van der Waals surface area contributed by atoms with Crippen molar-refractivity contribution in [1.82, 2.24) is 5.32 Å². The number of hydrogen-bond donors (Lipinski definition) is 1. The molecule has 0 radical (unpaired) electrons. The summed E-state index contributed by atoms with van der Waals surface area (Å²) in [6.07, 6.45) is 2.79. The molecule has 0 aliphatic carbocycles. The zero-order chi connectivity index (χ0) is 24.8.